The summed E-state index contributed by atoms with van der Waals surface area (Å²) in [6.07, 6.45) is 4.78. The van der Waals surface area contributed by atoms with Crippen molar-refractivity contribution < 1.29 is 14.3 Å². The summed E-state index contributed by atoms with van der Waals surface area (Å²) in [5.41, 5.74) is 0.748. The Morgan fingerprint density at radius 3 is 3.12 bits per heavy atom. The molecule has 2 atom stereocenters. The monoisotopic (exact) mass is 230 g/mol. The lowest BCUT2D eigenvalue weighted by atomic mass is 9.97. The van der Waals surface area contributed by atoms with Crippen LogP contribution < -0.4 is 4.74 Å². The van der Waals surface area contributed by atoms with E-state index in [0.717, 1.165) is 17.7 Å². The molecule has 1 fully saturated rings. The molecule has 0 bridgehead atoms. The van der Waals surface area contributed by atoms with Crippen LogP contribution in [-0.4, -0.2) is 19.7 Å². The molecule has 17 heavy (non-hydrogen) atoms. The van der Waals surface area contributed by atoms with Crippen LogP contribution >= 0.6 is 0 Å². The Balaban J connectivity index is 1.90. The van der Waals surface area contributed by atoms with Gasteiger partial charge < -0.3 is 9.47 Å². The number of cyclic esters (lactones) is 1. The highest BCUT2D eigenvalue weighted by Crippen LogP contribution is 2.62. The first kappa shape index (κ1) is 10.4. The average molecular weight is 230 g/mol. The van der Waals surface area contributed by atoms with Gasteiger partial charge in [-0.15, -0.1) is 0 Å². The van der Waals surface area contributed by atoms with Gasteiger partial charge in [0.05, 0.1) is 12.5 Å². The molecule has 1 aliphatic carbocycles. The number of methoxy groups -OCH3 is 1. The van der Waals surface area contributed by atoms with Crippen molar-refractivity contribution >= 4 is 5.97 Å². The summed E-state index contributed by atoms with van der Waals surface area (Å²) in [7, 11) is 1.65. The van der Waals surface area contributed by atoms with Gasteiger partial charge in [-0.3, -0.25) is 4.79 Å². The van der Waals surface area contributed by atoms with E-state index in [-0.39, 0.29) is 11.9 Å². The Morgan fingerprint density at radius 1 is 1.47 bits per heavy atom. The number of hydrogen-bond acceptors (Lipinski definition) is 3. The van der Waals surface area contributed by atoms with Crippen LogP contribution in [0.25, 0.3) is 0 Å². The zero-order chi connectivity index (χ0) is 11.9. The molecule has 2 aliphatic rings. The van der Waals surface area contributed by atoms with Gasteiger partial charge in [0.1, 0.15) is 12.4 Å². The second-order valence-corrected chi connectivity index (χ2v) is 4.57. The van der Waals surface area contributed by atoms with E-state index >= 15 is 0 Å². The molecule has 3 rings (SSSR count). The van der Waals surface area contributed by atoms with Crippen molar-refractivity contribution in [2.75, 3.05) is 13.7 Å². The molecule has 3 nitrogen and oxygen atoms in total. The quantitative estimate of drug-likeness (QED) is 0.577. The molecule has 0 aromatic heterocycles. The molecule has 3 heteroatoms. The van der Waals surface area contributed by atoms with Crippen molar-refractivity contribution in [1.29, 1.82) is 0 Å². The van der Waals surface area contributed by atoms with E-state index < -0.39 is 5.41 Å². The summed E-state index contributed by atoms with van der Waals surface area (Å²) in [6.45, 7) is 0.408. The minimum absolute atomic E-state index is 0.0900. The first-order valence-electron chi connectivity index (χ1n) is 5.75. The van der Waals surface area contributed by atoms with Gasteiger partial charge in [0.15, 0.2) is 0 Å². The van der Waals surface area contributed by atoms with Gasteiger partial charge in [-0.1, -0.05) is 24.3 Å². The maximum Gasteiger partial charge on any atom is 0.316 e. The third kappa shape index (κ3) is 1.54. The van der Waals surface area contributed by atoms with Gasteiger partial charge in [-0.05, 0) is 24.1 Å². The highest BCUT2D eigenvalue weighted by molar-refractivity contribution is 5.86. The van der Waals surface area contributed by atoms with Gasteiger partial charge in [-0.2, -0.15) is 0 Å². The number of carbonyl (C=O) groups is 1. The number of rotatable bonds is 2. The Kier molecular flexibility index (Phi) is 2.21. The van der Waals surface area contributed by atoms with Gasteiger partial charge >= 0.3 is 5.97 Å². The summed E-state index contributed by atoms with van der Waals surface area (Å²) in [4.78, 5) is 11.8. The average Bonchev–Trinajstić information content (AvgIpc) is 3.09. The van der Waals surface area contributed by atoms with E-state index in [0.29, 0.717) is 6.61 Å². The first-order chi connectivity index (χ1) is 8.26. The van der Waals surface area contributed by atoms with Crippen LogP contribution in [0.5, 0.6) is 5.75 Å². The maximum atomic E-state index is 11.8. The molecule has 1 aliphatic heterocycles. The Morgan fingerprint density at radius 2 is 2.35 bits per heavy atom. The highest BCUT2D eigenvalue weighted by Gasteiger charge is 2.60. The lowest BCUT2D eigenvalue weighted by molar-refractivity contribution is -0.148. The number of carbonyl (C=O) groups excluding carboxylic acids is 1. The Hall–Kier alpha value is -1.77. The molecule has 0 N–H and O–H groups in total. The van der Waals surface area contributed by atoms with Crippen LogP contribution in [0.1, 0.15) is 17.9 Å². The van der Waals surface area contributed by atoms with E-state index in [2.05, 4.69) is 0 Å². The zero-order valence-electron chi connectivity index (χ0n) is 9.68. The minimum atomic E-state index is -0.398. The van der Waals surface area contributed by atoms with Crippen LogP contribution in [0, 0.1) is 5.41 Å². The topological polar surface area (TPSA) is 35.5 Å². The summed E-state index contributed by atoms with van der Waals surface area (Å²) in [5.74, 6) is 0.979. The SMILES string of the molecule is COc1cccc([C@H]2C[C@@]23C=CCOC3=O)c1. The second kappa shape index (κ2) is 3.62. The summed E-state index contributed by atoms with van der Waals surface area (Å²) in [5, 5.41) is 0. The molecule has 0 saturated heterocycles. The lowest BCUT2D eigenvalue weighted by Crippen LogP contribution is -2.22. The normalized spacial score (nSPS) is 30.2. The van der Waals surface area contributed by atoms with Gasteiger partial charge in [-0.25, -0.2) is 0 Å². The Bertz CT molecular complexity index is 492. The van der Waals surface area contributed by atoms with Crippen LogP contribution in [0.4, 0.5) is 0 Å². The van der Waals surface area contributed by atoms with Crippen molar-refractivity contribution in [1.82, 2.24) is 0 Å². The van der Waals surface area contributed by atoms with E-state index in [1.807, 2.05) is 36.4 Å². The largest absolute Gasteiger partial charge is 0.497 e. The summed E-state index contributed by atoms with van der Waals surface area (Å²) >= 11 is 0. The molecular weight excluding hydrogens is 216 g/mol. The fourth-order valence-electron chi connectivity index (χ4n) is 2.55. The van der Waals surface area contributed by atoms with Gasteiger partial charge in [0, 0.05) is 5.92 Å². The summed E-state index contributed by atoms with van der Waals surface area (Å²) in [6, 6.07) is 7.90. The fraction of sp³-hybridized carbons (Fsp3) is 0.357. The summed E-state index contributed by atoms with van der Waals surface area (Å²) < 4.78 is 10.3. The molecule has 1 aromatic rings. The minimum Gasteiger partial charge on any atom is -0.497 e. The molecule has 88 valence electrons. The second-order valence-electron chi connectivity index (χ2n) is 4.57. The smallest absolute Gasteiger partial charge is 0.316 e. The van der Waals surface area contributed by atoms with Gasteiger partial charge in [0.2, 0.25) is 0 Å². The van der Waals surface area contributed by atoms with Crippen LogP contribution in [0.2, 0.25) is 0 Å². The zero-order valence-corrected chi connectivity index (χ0v) is 9.68. The van der Waals surface area contributed by atoms with Crippen molar-refractivity contribution in [3.63, 3.8) is 0 Å². The number of benzene rings is 1. The molecule has 1 spiro atoms. The molecule has 1 aromatic carbocycles. The van der Waals surface area contributed by atoms with Crippen LogP contribution in [0.15, 0.2) is 36.4 Å². The van der Waals surface area contributed by atoms with Crippen LogP contribution in [-0.2, 0) is 9.53 Å². The molecular formula is C14H14O3. The molecule has 0 amide bonds. The van der Waals surface area contributed by atoms with E-state index in [4.69, 9.17) is 9.47 Å². The molecule has 0 radical (unpaired) electrons. The third-order valence-corrected chi connectivity index (χ3v) is 3.61. The Labute approximate surface area is 100 Å². The number of ether oxygens (including phenoxy) is 2. The van der Waals surface area contributed by atoms with Crippen molar-refractivity contribution in [3.8, 4) is 5.75 Å². The maximum absolute atomic E-state index is 11.8. The number of esters is 1. The third-order valence-electron chi connectivity index (χ3n) is 3.61. The molecule has 1 saturated carbocycles. The predicted octanol–water partition coefficient (Wildman–Crippen LogP) is 2.28. The van der Waals surface area contributed by atoms with E-state index in [1.165, 1.54) is 0 Å². The van der Waals surface area contributed by atoms with Crippen molar-refractivity contribution in [3.05, 3.63) is 42.0 Å². The first-order valence-corrected chi connectivity index (χ1v) is 5.75. The van der Waals surface area contributed by atoms with Crippen molar-refractivity contribution in [2.24, 2.45) is 5.41 Å². The fourth-order valence-corrected chi connectivity index (χ4v) is 2.55. The van der Waals surface area contributed by atoms with Crippen LogP contribution in [0.3, 0.4) is 0 Å². The van der Waals surface area contributed by atoms with E-state index in [1.54, 1.807) is 7.11 Å². The van der Waals surface area contributed by atoms with Gasteiger partial charge in [0.25, 0.3) is 0 Å². The highest BCUT2D eigenvalue weighted by atomic mass is 16.5. The lowest BCUT2D eigenvalue weighted by Gasteiger charge is -2.16. The van der Waals surface area contributed by atoms with Crippen molar-refractivity contribution in [2.45, 2.75) is 12.3 Å². The predicted molar refractivity (Wildman–Crippen MR) is 62.9 cm³/mol. The molecule has 1 heterocycles. The standard InChI is InChI=1S/C14H14O3/c1-16-11-5-2-4-10(8-11)12-9-14(12)6-3-7-17-13(14)15/h2-6,8,12H,7,9H2,1H3/t12-,14+/m1/s1. The number of hydrogen-bond donors (Lipinski definition) is 0. The van der Waals surface area contributed by atoms with E-state index in [9.17, 15) is 4.79 Å². The molecule has 0 unspecified atom stereocenters.